The summed E-state index contributed by atoms with van der Waals surface area (Å²) in [6, 6.07) is 7.54. The predicted molar refractivity (Wildman–Crippen MR) is 96.8 cm³/mol. The van der Waals surface area contributed by atoms with Gasteiger partial charge in [-0.05, 0) is 44.4 Å². The molecule has 0 saturated carbocycles. The summed E-state index contributed by atoms with van der Waals surface area (Å²) in [4.78, 5) is 18.6. The Bertz CT molecular complexity index is 1080. The number of fused-ring (bicyclic) bond motifs is 1. The number of carbonyl (C=O) groups excluding carboxylic acids is 1. The van der Waals surface area contributed by atoms with Gasteiger partial charge in [-0.25, -0.2) is 13.9 Å². The second-order valence-electron chi connectivity index (χ2n) is 7.11. The quantitative estimate of drug-likeness (QED) is 0.586. The van der Waals surface area contributed by atoms with Gasteiger partial charge in [0, 0.05) is 18.3 Å². The molecule has 0 spiro atoms. The third-order valence-corrected chi connectivity index (χ3v) is 5.07. The van der Waals surface area contributed by atoms with Crippen molar-refractivity contribution in [3.05, 3.63) is 64.9 Å². The maximum Gasteiger partial charge on any atom is 0.433 e. The molecule has 2 aromatic heterocycles. The van der Waals surface area contributed by atoms with Gasteiger partial charge in [0.25, 0.3) is 5.91 Å². The summed E-state index contributed by atoms with van der Waals surface area (Å²) in [5.41, 5.74) is -0.379. The van der Waals surface area contributed by atoms with E-state index >= 15 is 0 Å². The fraction of sp³-hybridized carbons (Fsp3) is 0.350. The molecule has 0 unspecified atom stereocenters. The smallest absolute Gasteiger partial charge is 0.330 e. The number of rotatable bonds is 2. The Morgan fingerprint density at radius 3 is 2.66 bits per heavy atom. The SMILES string of the molecule is Cc1cc(C(F)(F)F)n2nc([C@H]3CCCCN3C(=O)c3ccccc3F)cc2n1. The number of alkyl halides is 3. The molecule has 1 amide bonds. The molecule has 1 aliphatic rings. The van der Waals surface area contributed by atoms with Crippen LogP contribution in [0, 0.1) is 12.7 Å². The highest BCUT2D eigenvalue weighted by molar-refractivity contribution is 5.94. The second-order valence-corrected chi connectivity index (χ2v) is 7.11. The number of amides is 1. The van der Waals surface area contributed by atoms with Crippen molar-refractivity contribution in [2.75, 3.05) is 6.54 Å². The van der Waals surface area contributed by atoms with Crippen LogP contribution in [-0.2, 0) is 6.18 Å². The van der Waals surface area contributed by atoms with Crippen LogP contribution in [0.5, 0.6) is 0 Å². The summed E-state index contributed by atoms with van der Waals surface area (Å²) in [6.07, 6.45) is -2.54. The lowest BCUT2D eigenvalue weighted by atomic mass is 9.98. The first-order valence-electron chi connectivity index (χ1n) is 9.26. The zero-order valence-electron chi connectivity index (χ0n) is 15.6. The van der Waals surface area contributed by atoms with Crippen LogP contribution in [0.25, 0.3) is 5.65 Å². The number of piperidine rings is 1. The number of hydrogen-bond acceptors (Lipinski definition) is 3. The van der Waals surface area contributed by atoms with Crippen LogP contribution in [0.15, 0.2) is 36.4 Å². The van der Waals surface area contributed by atoms with Crippen LogP contribution in [-0.4, -0.2) is 31.9 Å². The average Bonchev–Trinajstić information content (AvgIpc) is 3.10. The molecule has 1 fully saturated rings. The molecule has 3 heterocycles. The van der Waals surface area contributed by atoms with E-state index in [-0.39, 0.29) is 16.9 Å². The van der Waals surface area contributed by atoms with Gasteiger partial charge >= 0.3 is 6.18 Å². The maximum atomic E-state index is 14.1. The van der Waals surface area contributed by atoms with E-state index in [9.17, 15) is 22.4 Å². The van der Waals surface area contributed by atoms with E-state index in [4.69, 9.17) is 0 Å². The highest BCUT2D eigenvalue weighted by atomic mass is 19.4. The van der Waals surface area contributed by atoms with E-state index in [0.29, 0.717) is 18.7 Å². The van der Waals surface area contributed by atoms with Crippen molar-refractivity contribution < 1.29 is 22.4 Å². The monoisotopic (exact) mass is 406 g/mol. The number of aromatic nitrogens is 3. The Morgan fingerprint density at radius 2 is 1.93 bits per heavy atom. The van der Waals surface area contributed by atoms with Crippen molar-refractivity contribution in [1.29, 1.82) is 0 Å². The topological polar surface area (TPSA) is 50.5 Å². The molecular weight excluding hydrogens is 388 g/mol. The highest BCUT2D eigenvalue weighted by Crippen LogP contribution is 2.34. The molecule has 1 saturated heterocycles. The summed E-state index contributed by atoms with van der Waals surface area (Å²) in [7, 11) is 0. The maximum absolute atomic E-state index is 14.1. The van der Waals surface area contributed by atoms with E-state index < -0.39 is 29.6 Å². The zero-order chi connectivity index (χ0) is 20.8. The summed E-state index contributed by atoms with van der Waals surface area (Å²) in [5, 5.41) is 4.14. The molecule has 5 nitrogen and oxygen atoms in total. The van der Waals surface area contributed by atoms with Crippen LogP contribution in [0.1, 0.15) is 52.7 Å². The average molecular weight is 406 g/mol. The molecule has 1 aromatic carbocycles. The minimum absolute atomic E-state index is 0.0619. The largest absolute Gasteiger partial charge is 0.433 e. The van der Waals surface area contributed by atoms with Gasteiger partial charge in [-0.3, -0.25) is 4.79 Å². The third-order valence-electron chi connectivity index (χ3n) is 5.07. The lowest BCUT2D eigenvalue weighted by molar-refractivity contribution is -0.142. The number of aryl methyl sites for hydroxylation is 1. The Hall–Kier alpha value is -2.97. The Balaban J connectivity index is 1.77. The first-order chi connectivity index (χ1) is 13.8. The predicted octanol–water partition coefficient (Wildman–Crippen LogP) is 4.56. The molecule has 1 atom stereocenters. The second kappa shape index (κ2) is 7.13. The van der Waals surface area contributed by atoms with Crippen molar-refractivity contribution in [2.24, 2.45) is 0 Å². The summed E-state index contributed by atoms with van der Waals surface area (Å²) < 4.78 is 55.2. The number of likely N-dealkylation sites (tertiary alicyclic amines) is 1. The number of carbonyl (C=O) groups is 1. The summed E-state index contributed by atoms with van der Waals surface area (Å²) in [5.74, 6) is -1.13. The van der Waals surface area contributed by atoms with E-state index in [1.807, 2.05) is 0 Å². The molecule has 4 rings (SSSR count). The van der Waals surface area contributed by atoms with Gasteiger partial charge in [-0.1, -0.05) is 12.1 Å². The minimum atomic E-state index is -4.59. The van der Waals surface area contributed by atoms with E-state index in [0.717, 1.165) is 23.4 Å². The van der Waals surface area contributed by atoms with Crippen molar-refractivity contribution in [2.45, 2.75) is 38.4 Å². The summed E-state index contributed by atoms with van der Waals surface area (Å²) >= 11 is 0. The molecule has 9 heteroatoms. The van der Waals surface area contributed by atoms with Crippen molar-refractivity contribution in [3.63, 3.8) is 0 Å². The molecular formula is C20H18F4N4O. The van der Waals surface area contributed by atoms with Gasteiger partial charge in [0.1, 0.15) is 11.5 Å². The Kier molecular flexibility index (Phi) is 4.76. The van der Waals surface area contributed by atoms with Gasteiger partial charge in [0.15, 0.2) is 5.65 Å². The molecule has 0 N–H and O–H groups in total. The van der Waals surface area contributed by atoms with Gasteiger partial charge in [0.2, 0.25) is 0 Å². The van der Waals surface area contributed by atoms with Gasteiger partial charge < -0.3 is 4.90 Å². The van der Waals surface area contributed by atoms with Gasteiger partial charge in [-0.2, -0.15) is 18.3 Å². The Morgan fingerprint density at radius 1 is 1.17 bits per heavy atom. The zero-order valence-corrected chi connectivity index (χ0v) is 15.6. The minimum Gasteiger partial charge on any atom is -0.330 e. The first-order valence-corrected chi connectivity index (χ1v) is 9.26. The number of benzene rings is 1. The van der Waals surface area contributed by atoms with Crippen molar-refractivity contribution in [3.8, 4) is 0 Å². The normalized spacial score (nSPS) is 17.7. The first kappa shape index (κ1) is 19.4. The molecule has 0 bridgehead atoms. The van der Waals surface area contributed by atoms with E-state index in [2.05, 4.69) is 10.1 Å². The van der Waals surface area contributed by atoms with Gasteiger partial charge in [-0.15, -0.1) is 0 Å². The molecule has 29 heavy (non-hydrogen) atoms. The molecule has 3 aromatic rings. The molecule has 0 radical (unpaired) electrons. The van der Waals surface area contributed by atoms with Crippen LogP contribution in [0.4, 0.5) is 17.6 Å². The third kappa shape index (κ3) is 3.56. The standard InChI is InChI=1S/C20H18F4N4O/c1-12-10-17(20(22,23)24)28-18(25-12)11-15(26-28)16-8-4-5-9-27(16)19(29)13-6-2-3-7-14(13)21/h2-3,6-7,10-11,16H,4-5,8-9H2,1H3/t16-/m1/s1. The van der Waals surface area contributed by atoms with E-state index in [1.54, 1.807) is 6.07 Å². The lowest BCUT2D eigenvalue weighted by Crippen LogP contribution is -2.39. The summed E-state index contributed by atoms with van der Waals surface area (Å²) in [6.45, 7) is 1.86. The van der Waals surface area contributed by atoms with Crippen molar-refractivity contribution >= 4 is 11.6 Å². The molecule has 0 aliphatic carbocycles. The fourth-order valence-electron chi connectivity index (χ4n) is 3.75. The van der Waals surface area contributed by atoms with Crippen LogP contribution in [0.3, 0.4) is 0 Å². The highest BCUT2D eigenvalue weighted by Gasteiger charge is 2.36. The van der Waals surface area contributed by atoms with E-state index in [1.165, 1.54) is 36.1 Å². The van der Waals surface area contributed by atoms with Crippen LogP contribution < -0.4 is 0 Å². The number of halogens is 4. The van der Waals surface area contributed by atoms with Gasteiger partial charge in [0.05, 0.1) is 17.3 Å². The fourth-order valence-corrected chi connectivity index (χ4v) is 3.75. The molecule has 1 aliphatic heterocycles. The number of hydrogen-bond donors (Lipinski definition) is 0. The Labute approximate surface area is 164 Å². The van der Waals surface area contributed by atoms with Crippen molar-refractivity contribution in [1.82, 2.24) is 19.5 Å². The van der Waals surface area contributed by atoms with Crippen LogP contribution >= 0.6 is 0 Å². The lowest BCUT2D eigenvalue weighted by Gasteiger charge is -2.34. The number of nitrogens with zero attached hydrogens (tertiary/aromatic N) is 4. The van der Waals surface area contributed by atoms with Crippen LogP contribution in [0.2, 0.25) is 0 Å². The molecule has 152 valence electrons.